The second kappa shape index (κ2) is 6.48. The predicted molar refractivity (Wildman–Crippen MR) is 62.9 cm³/mol. The van der Waals surface area contributed by atoms with Crippen molar-refractivity contribution in [2.24, 2.45) is 0 Å². The molecule has 0 aromatic carbocycles. The van der Waals surface area contributed by atoms with Crippen LogP contribution in [0.2, 0.25) is 0 Å². The summed E-state index contributed by atoms with van der Waals surface area (Å²) in [6.45, 7) is -1.46. The van der Waals surface area contributed by atoms with E-state index in [1.807, 2.05) is 0 Å². The normalized spacial score (nSPS) is 11.1. The standard InChI is InChI=1S/C10H11F3N2O2S/c11-10(12,13)6-17-9-7(2-1-4-14-9)15-8(16)3-5-18/h1-2,4,18H,3,5-6H2,(H,15,16). The fourth-order valence-corrected chi connectivity index (χ4v) is 1.27. The molecule has 1 heterocycles. The van der Waals surface area contributed by atoms with Gasteiger partial charge in [-0.2, -0.15) is 25.8 Å². The first kappa shape index (κ1) is 14.6. The Hall–Kier alpha value is -1.44. The van der Waals surface area contributed by atoms with Gasteiger partial charge in [0.05, 0.1) is 0 Å². The maximum absolute atomic E-state index is 12.0. The first-order chi connectivity index (χ1) is 8.42. The topological polar surface area (TPSA) is 51.2 Å². The first-order valence-electron chi connectivity index (χ1n) is 4.97. The maximum atomic E-state index is 12.0. The van der Waals surface area contributed by atoms with E-state index < -0.39 is 12.8 Å². The maximum Gasteiger partial charge on any atom is 0.422 e. The molecule has 18 heavy (non-hydrogen) atoms. The first-order valence-corrected chi connectivity index (χ1v) is 5.61. The molecule has 0 aliphatic heterocycles. The number of amides is 1. The lowest BCUT2D eigenvalue weighted by molar-refractivity contribution is -0.153. The molecule has 0 bridgehead atoms. The highest BCUT2D eigenvalue weighted by Crippen LogP contribution is 2.23. The molecule has 0 aliphatic carbocycles. The van der Waals surface area contributed by atoms with Crippen LogP contribution >= 0.6 is 12.6 Å². The highest BCUT2D eigenvalue weighted by molar-refractivity contribution is 7.80. The second-order valence-corrected chi connectivity index (χ2v) is 3.73. The summed E-state index contributed by atoms with van der Waals surface area (Å²) in [5, 5.41) is 2.41. The van der Waals surface area contributed by atoms with Crippen LogP contribution in [-0.4, -0.2) is 29.4 Å². The van der Waals surface area contributed by atoms with E-state index in [0.717, 1.165) is 0 Å². The van der Waals surface area contributed by atoms with Gasteiger partial charge in [-0.15, -0.1) is 0 Å². The molecule has 4 nitrogen and oxygen atoms in total. The molecule has 100 valence electrons. The Morgan fingerprint density at radius 1 is 1.50 bits per heavy atom. The number of thiol groups is 1. The van der Waals surface area contributed by atoms with Crippen LogP contribution in [0.1, 0.15) is 6.42 Å². The van der Waals surface area contributed by atoms with Crippen molar-refractivity contribution in [2.75, 3.05) is 17.7 Å². The molecular formula is C10H11F3N2O2S. The lowest BCUT2D eigenvalue weighted by Gasteiger charge is -2.12. The van der Waals surface area contributed by atoms with Crippen molar-refractivity contribution in [3.63, 3.8) is 0 Å². The van der Waals surface area contributed by atoms with Crippen LogP contribution in [0, 0.1) is 0 Å². The van der Waals surface area contributed by atoms with Crippen LogP contribution in [0.15, 0.2) is 18.3 Å². The zero-order valence-corrected chi connectivity index (χ0v) is 10.1. The highest BCUT2D eigenvalue weighted by atomic mass is 32.1. The molecule has 0 atom stereocenters. The average Bonchev–Trinajstić information content (AvgIpc) is 2.27. The minimum absolute atomic E-state index is 0.105. The predicted octanol–water partition coefficient (Wildman–Crippen LogP) is 2.28. The molecule has 0 saturated carbocycles. The van der Waals surface area contributed by atoms with E-state index in [2.05, 4.69) is 27.7 Å². The average molecular weight is 280 g/mol. The van der Waals surface area contributed by atoms with Crippen molar-refractivity contribution in [2.45, 2.75) is 12.6 Å². The van der Waals surface area contributed by atoms with Gasteiger partial charge in [-0.25, -0.2) is 4.98 Å². The monoisotopic (exact) mass is 280 g/mol. The molecule has 0 unspecified atom stereocenters. The molecule has 1 rings (SSSR count). The summed E-state index contributed by atoms with van der Waals surface area (Å²) in [6.07, 6.45) is -3.03. The Morgan fingerprint density at radius 3 is 2.83 bits per heavy atom. The molecule has 1 N–H and O–H groups in total. The van der Waals surface area contributed by atoms with E-state index >= 15 is 0 Å². The van der Waals surface area contributed by atoms with Gasteiger partial charge >= 0.3 is 6.18 Å². The van der Waals surface area contributed by atoms with Gasteiger partial charge in [0.15, 0.2) is 6.61 Å². The van der Waals surface area contributed by atoms with Crippen molar-refractivity contribution in [3.05, 3.63) is 18.3 Å². The fourth-order valence-electron chi connectivity index (χ4n) is 1.07. The van der Waals surface area contributed by atoms with Gasteiger partial charge in [0, 0.05) is 12.6 Å². The third kappa shape index (κ3) is 5.26. The SMILES string of the molecule is O=C(CCS)Nc1cccnc1OCC(F)(F)F. The van der Waals surface area contributed by atoms with E-state index in [-0.39, 0.29) is 23.9 Å². The summed E-state index contributed by atoms with van der Waals surface area (Å²) in [6, 6.07) is 2.89. The number of rotatable bonds is 5. The van der Waals surface area contributed by atoms with Crippen LogP contribution in [-0.2, 0) is 4.79 Å². The van der Waals surface area contributed by atoms with Crippen LogP contribution in [0.3, 0.4) is 0 Å². The summed E-state index contributed by atoms with van der Waals surface area (Å²) >= 11 is 3.87. The molecule has 0 spiro atoms. The lowest BCUT2D eigenvalue weighted by Crippen LogP contribution is -2.21. The summed E-state index contributed by atoms with van der Waals surface area (Å²) in [5.74, 6) is -0.289. The molecule has 0 fully saturated rings. The van der Waals surface area contributed by atoms with E-state index in [4.69, 9.17) is 0 Å². The summed E-state index contributed by atoms with van der Waals surface area (Å²) in [7, 11) is 0. The van der Waals surface area contributed by atoms with Gasteiger partial charge in [0.25, 0.3) is 0 Å². The summed E-state index contributed by atoms with van der Waals surface area (Å²) < 4.78 is 40.5. The van der Waals surface area contributed by atoms with Gasteiger partial charge in [-0.3, -0.25) is 4.79 Å². The number of anilines is 1. The minimum atomic E-state index is -4.45. The Bertz CT molecular complexity index is 412. The number of hydrogen-bond donors (Lipinski definition) is 2. The largest absolute Gasteiger partial charge is 0.467 e. The lowest BCUT2D eigenvalue weighted by atomic mass is 10.3. The number of hydrogen-bond acceptors (Lipinski definition) is 4. The van der Waals surface area contributed by atoms with Crippen LogP contribution in [0.5, 0.6) is 5.88 Å². The van der Waals surface area contributed by atoms with Crippen molar-refractivity contribution in [3.8, 4) is 5.88 Å². The zero-order valence-electron chi connectivity index (χ0n) is 9.20. The van der Waals surface area contributed by atoms with Gasteiger partial charge in [-0.1, -0.05) is 0 Å². The summed E-state index contributed by atoms with van der Waals surface area (Å²) in [4.78, 5) is 14.9. The second-order valence-electron chi connectivity index (χ2n) is 3.28. The number of pyridine rings is 1. The van der Waals surface area contributed by atoms with Crippen molar-refractivity contribution in [1.82, 2.24) is 4.98 Å². The number of nitrogens with zero attached hydrogens (tertiary/aromatic N) is 1. The van der Waals surface area contributed by atoms with Crippen LogP contribution in [0.4, 0.5) is 18.9 Å². The van der Waals surface area contributed by atoms with Gasteiger partial charge < -0.3 is 10.1 Å². The molecule has 1 aromatic heterocycles. The molecular weight excluding hydrogens is 269 g/mol. The smallest absolute Gasteiger partial charge is 0.422 e. The quantitative estimate of drug-likeness (QED) is 0.814. The van der Waals surface area contributed by atoms with Crippen LogP contribution in [0.25, 0.3) is 0 Å². The number of alkyl halides is 3. The van der Waals surface area contributed by atoms with Crippen molar-refractivity contribution < 1.29 is 22.7 Å². The molecule has 1 aromatic rings. The van der Waals surface area contributed by atoms with E-state index in [9.17, 15) is 18.0 Å². The third-order valence-corrected chi connectivity index (χ3v) is 1.98. The van der Waals surface area contributed by atoms with E-state index in [1.54, 1.807) is 0 Å². The number of halogens is 3. The Balaban J connectivity index is 2.70. The number of nitrogens with one attached hydrogen (secondary N) is 1. The molecule has 1 amide bonds. The number of carbonyl (C=O) groups excluding carboxylic acids is 1. The van der Waals surface area contributed by atoms with Crippen molar-refractivity contribution >= 4 is 24.2 Å². The molecule has 0 radical (unpaired) electrons. The molecule has 0 saturated heterocycles. The Kier molecular flexibility index (Phi) is 5.26. The number of aromatic nitrogens is 1. The third-order valence-electron chi connectivity index (χ3n) is 1.76. The number of carbonyl (C=O) groups is 1. The minimum Gasteiger partial charge on any atom is -0.467 e. The van der Waals surface area contributed by atoms with Crippen LogP contribution < -0.4 is 10.1 Å². The van der Waals surface area contributed by atoms with E-state index in [1.165, 1.54) is 18.3 Å². The Morgan fingerprint density at radius 2 is 2.22 bits per heavy atom. The fraction of sp³-hybridized carbons (Fsp3) is 0.400. The Labute approximate surface area is 107 Å². The number of ether oxygens (including phenoxy) is 1. The van der Waals surface area contributed by atoms with Gasteiger partial charge in [0.2, 0.25) is 11.8 Å². The van der Waals surface area contributed by atoms with Crippen molar-refractivity contribution in [1.29, 1.82) is 0 Å². The molecule has 8 heteroatoms. The van der Waals surface area contributed by atoms with E-state index in [0.29, 0.717) is 5.75 Å². The van der Waals surface area contributed by atoms with Gasteiger partial charge in [0.1, 0.15) is 5.69 Å². The zero-order chi connectivity index (χ0) is 13.6. The summed E-state index contributed by atoms with van der Waals surface area (Å²) in [5.41, 5.74) is 0.105. The molecule has 0 aliphatic rings. The highest BCUT2D eigenvalue weighted by Gasteiger charge is 2.29. The van der Waals surface area contributed by atoms with Gasteiger partial charge in [-0.05, 0) is 17.9 Å².